The van der Waals surface area contributed by atoms with Crippen molar-refractivity contribution in [3.63, 3.8) is 0 Å². The molecule has 0 saturated carbocycles. The molecule has 1 heterocycles. The molecule has 0 aliphatic carbocycles. The van der Waals surface area contributed by atoms with Gasteiger partial charge in [-0.25, -0.2) is 0 Å². The summed E-state index contributed by atoms with van der Waals surface area (Å²) in [6, 6.07) is 5.03. The number of benzene rings is 1. The second kappa shape index (κ2) is 6.76. The van der Waals surface area contributed by atoms with Crippen LogP contribution in [0.1, 0.15) is 25.3 Å². The van der Waals surface area contributed by atoms with Crippen LogP contribution < -0.4 is 5.32 Å². The van der Waals surface area contributed by atoms with Crippen molar-refractivity contribution < 1.29 is 14.6 Å². The first kappa shape index (κ1) is 14.9. The molecule has 1 aliphatic heterocycles. The zero-order valence-corrected chi connectivity index (χ0v) is 11.9. The monoisotopic (exact) mass is 293 g/mol. The molecule has 0 spiro atoms. The number of carbonyl (C=O) groups excluding carboxylic acids is 1. The van der Waals surface area contributed by atoms with E-state index in [0.717, 1.165) is 6.42 Å². The van der Waals surface area contributed by atoms with Crippen molar-refractivity contribution in [1.29, 1.82) is 0 Å². The van der Waals surface area contributed by atoms with Gasteiger partial charge >= 0.3 is 0 Å². The number of anilines is 1. The molecular weight excluding hydrogens is 278 g/mol. The van der Waals surface area contributed by atoms with Crippen molar-refractivity contribution in [2.24, 2.45) is 0 Å². The Balaban J connectivity index is 2.15. The van der Waals surface area contributed by atoms with Crippen LogP contribution in [0.2, 0.25) is 5.02 Å². The number of rotatable bonds is 2. The summed E-state index contributed by atoms with van der Waals surface area (Å²) in [5.41, 5.74) is 1.15. The topological polar surface area (TPSA) is 58.6 Å². The SMILES string of the molecule is CC1CCC(C(=O)Nc2cc(Cl)ccc2C#CCO)O1. The highest BCUT2D eigenvalue weighted by atomic mass is 35.5. The van der Waals surface area contributed by atoms with Gasteiger partial charge in [0.15, 0.2) is 0 Å². The van der Waals surface area contributed by atoms with E-state index in [2.05, 4.69) is 17.2 Å². The molecule has 2 N–H and O–H groups in total. The summed E-state index contributed by atoms with van der Waals surface area (Å²) < 4.78 is 5.53. The Morgan fingerprint density at radius 2 is 2.35 bits per heavy atom. The molecule has 0 aromatic heterocycles. The average Bonchev–Trinajstić information content (AvgIpc) is 2.85. The quantitative estimate of drug-likeness (QED) is 0.822. The fourth-order valence-electron chi connectivity index (χ4n) is 2.07. The molecule has 1 saturated heterocycles. The highest BCUT2D eigenvalue weighted by molar-refractivity contribution is 6.31. The second-order valence-corrected chi connectivity index (χ2v) is 5.09. The normalized spacial score (nSPS) is 21.1. The van der Waals surface area contributed by atoms with Crippen LogP contribution in [-0.2, 0) is 9.53 Å². The van der Waals surface area contributed by atoms with Crippen molar-refractivity contribution in [2.45, 2.75) is 32.0 Å². The maximum Gasteiger partial charge on any atom is 0.253 e. The van der Waals surface area contributed by atoms with Crippen LogP contribution in [0.5, 0.6) is 0 Å². The number of amides is 1. The van der Waals surface area contributed by atoms with Crippen LogP contribution in [0.3, 0.4) is 0 Å². The highest BCUT2D eigenvalue weighted by Crippen LogP contribution is 2.24. The Labute approximate surface area is 123 Å². The summed E-state index contributed by atoms with van der Waals surface area (Å²) >= 11 is 5.94. The van der Waals surface area contributed by atoms with E-state index in [1.807, 2.05) is 6.92 Å². The molecular formula is C15H16ClNO3. The maximum absolute atomic E-state index is 12.1. The number of hydrogen-bond acceptors (Lipinski definition) is 3. The lowest BCUT2D eigenvalue weighted by molar-refractivity contribution is -0.126. The van der Waals surface area contributed by atoms with Gasteiger partial charge in [0.05, 0.1) is 11.8 Å². The summed E-state index contributed by atoms with van der Waals surface area (Å²) in [7, 11) is 0. The summed E-state index contributed by atoms with van der Waals surface area (Å²) in [5.74, 6) is 5.14. The molecule has 2 unspecified atom stereocenters. The summed E-state index contributed by atoms with van der Waals surface area (Å²) in [5, 5.41) is 12.0. The molecule has 106 valence electrons. The molecule has 1 amide bonds. The van der Waals surface area contributed by atoms with Crippen LogP contribution in [0, 0.1) is 11.8 Å². The molecule has 5 heteroatoms. The van der Waals surface area contributed by atoms with Gasteiger partial charge < -0.3 is 15.2 Å². The smallest absolute Gasteiger partial charge is 0.253 e. The third-order valence-corrected chi connectivity index (χ3v) is 3.30. The Kier molecular flexibility index (Phi) is 5.02. The molecule has 0 bridgehead atoms. The van der Waals surface area contributed by atoms with Crippen molar-refractivity contribution in [3.8, 4) is 11.8 Å². The molecule has 1 aliphatic rings. The third-order valence-electron chi connectivity index (χ3n) is 3.07. The zero-order valence-electron chi connectivity index (χ0n) is 11.1. The van der Waals surface area contributed by atoms with Crippen molar-refractivity contribution in [3.05, 3.63) is 28.8 Å². The van der Waals surface area contributed by atoms with Gasteiger partial charge in [0.25, 0.3) is 5.91 Å². The molecule has 2 atom stereocenters. The summed E-state index contributed by atoms with van der Waals surface area (Å²) in [4.78, 5) is 12.1. The molecule has 0 radical (unpaired) electrons. The van der Waals surface area contributed by atoms with Gasteiger partial charge in [-0.05, 0) is 38.0 Å². The third kappa shape index (κ3) is 3.73. The van der Waals surface area contributed by atoms with Gasteiger partial charge in [0.1, 0.15) is 12.7 Å². The van der Waals surface area contributed by atoms with Crippen molar-refractivity contribution >= 4 is 23.2 Å². The molecule has 1 aromatic carbocycles. The zero-order chi connectivity index (χ0) is 14.5. The second-order valence-electron chi connectivity index (χ2n) is 4.65. The minimum absolute atomic E-state index is 0.110. The van der Waals surface area contributed by atoms with E-state index in [1.54, 1.807) is 18.2 Å². The number of ether oxygens (including phenoxy) is 1. The van der Waals surface area contributed by atoms with Crippen LogP contribution >= 0.6 is 11.6 Å². The van der Waals surface area contributed by atoms with E-state index in [4.69, 9.17) is 21.4 Å². The lowest BCUT2D eigenvalue weighted by Crippen LogP contribution is -2.28. The minimum Gasteiger partial charge on any atom is -0.384 e. The highest BCUT2D eigenvalue weighted by Gasteiger charge is 2.28. The summed E-state index contributed by atoms with van der Waals surface area (Å²) in [6.07, 6.45) is 1.28. The van der Waals surface area contributed by atoms with Crippen LogP contribution in [0.4, 0.5) is 5.69 Å². The van der Waals surface area contributed by atoms with Crippen LogP contribution in [0.15, 0.2) is 18.2 Å². The largest absolute Gasteiger partial charge is 0.384 e. The number of hydrogen-bond donors (Lipinski definition) is 2. The lowest BCUT2D eigenvalue weighted by atomic mass is 10.1. The number of aliphatic hydroxyl groups excluding tert-OH is 1. The lowest BCUT2D eigenvalue weighted by Gasteiger charge is -2.13. The number of nitrogens with one attached hydrogen (secondary N) is 1. The van der Waals surface area contributed by atoms with Crippen LogP contribution in [0.25, 0.3) is 0 Å². The van der Waals surface area contributed by atoms with Crippen LogP contribution in [-0.4, -0.2) is 29.8 Å². The number of carbonyl (C=O) groups is 1. The molecule has 1 fully saturated rings. The van der Waals surface area contributed by atoms with E-state index in [9.17, 15) is 4.79 Å². The first-order chi connectivity index (χ1) is 9.60. The van der Waals surface area contributed by atoms with Crippen molar-refractivity contribution in [1.82, 2.24) is 0 Å². The fraction of sp³-hybridized carbons (Fsp3) is 0.400. The Morgan fingerprint density at radius 3 is 3.00 bits per heavy atom. The predicted molar refractivity (Wildman–Crippen MR) is 77.6 cm³/mol. The van der Waals surface area contributed by atoms with E-state index in [0.29, 0.717) is 22.7 Å². The number of aliphatic hydroxyl groups is 1. The fourth-order valence-corrected chi connectivity index (χ4v) is 2.24. The molecule has 2 rings (SSSR count). The molecule has 20 heavy (non-hydrogen) atoms. The van der Waals surface area contributed by atoms with Gasteiger partial charge in [-0.3, -0.25) is 4.79 Å². The first-order valence-electron chi connectivity index (χ1n) is 6.45. The van der Waals surface area contributed by atoms with E-state index >= 15 is 0 Å². The molecule has 4 nitrogen and oxygen atoms in total. The summed E-state index contributed by atoms with van der Waals surface area (Å²) in [6.45, 7) is 1.71. The maximum atomic E-state index is 12.1. The predicted octanol–water partition coefficient (Wildman–Crippen LogP) is 2.19. The van der Waals surface area contributed by atoms with Gasteiger partial charge in [0.2, 0.25) is 0 Å². The Hall–Kier alpha value is -1.54. The Bertz CT molecular complexity index is 562. The van der Waals surface area contributed by atoms with Gasteiger partial charge in [0, 0.05) is 10.6 Å². The molecule has 1 aromatic rings. The van der Waals surface area contributed by atoms with E-state index in [-0.39, 0.29) is 18.6 Å². The first-order valence-corrected chi connectivity index (χ1v) is 6.83. The number of halogens is 1. The minimum atomic E-state index is -0.428. The van der Waals surface area contributed by atoms with Crippen molar-refractivity contribution in [2.75, 3.05) is 11.9 Å². The Morgan fingerprint density at radius 1 is 1.55 bits per heavy atom. The standard InChI is InChI=1S/C15H16ClNO3/c1-10-4-7-14(20-10)15(19)17-13-9-12(16)6-5-11(13)3-2-8-18/h5-6,9-10,14,18H,4,7-8H2,1H3,(H,17,19). The van der Waals surface area contributed by atoms with Gasteiger partial charge in [-0.15, -0.1) is 0 Å². The van der Waals surface area contributed by atoms with E-state index < -0.39 is 6.10 Å². The van der Waals surface area contributed by atoms with Gasteiger partial charge in [-0.1, -0.05) is 23.4 Å². The van der Waals surface area contributed by atoms with Gasteiger partial charge in [-0.2, -0.15) is 0 Å². The average molecular weight is 294 g/mol. The van der Waals surface area contributed by atoms with E-state index in [1.165, 1.54) is 0 Å².